The fourth-order valence-electron chi connectivity index (χ4n) is 2.14. The molecule has 1 aliphatic heterocycles. The Bertz CT molecular complexity index is 419. The Morgan fingerprint density at radius 2 is 2.17 bits per heavy atom. The summed E-state index contributed by atoms with van der Waals surface area (Å²) in [6, 6.07) is 5.70. The van der Waals surface area contributed by atoms with E-state index >= 15 is 0 Å². The van der Waals surface area contributed by atoms with Gasteiger partial charge in [0.05, 0.1) is 0 Å². The maximum atomic E-state index is 12.7. The largest absolute Gasteiger partial charge is 0.328 e. The standard InChI is InChI=1S/C13H18FN3O/c1-9(15)10-6-7-17(8-10)13(18)16-12-4-2-11(14)3-5-12/h2-5,9-10H,6-8,15H2,1H3,(H,16,18). The van der Waals surface area contributed by atoms with Gasteiger partial charge >= 0.3 is 6.03 Å². The topological polar surface area (TPSA) is 58.4 Å². The maximum Gasteiger partial charge on any atom is 0.321 e. The molecule has 0 bridgehead atoms. The Morgan fingerprint density at radius 3 is 2.72 bits per heavy atom. The highest BCUT2D eigenvalue weighted by Gasteiger charge is 2.28. The van der Waals surface area contributed by atoms with Crippen LogP contribution in [0.2, 0.25) is 0 Å². The molecule has 0 spiro atoms. The Labute approximate surface area is 106 Å². The number of benzene rings is 1. The molecule has 98 valence electrons. The van der Waals surface area contributed by atoms with Crippen LogP contribution in [0.4, 0.5) is 14.9 Å². The van der Waals surface area contributed by atoms with Crippen molar-refractivity contribution in [2.45, 2.75) is 19.4 Å². The monoisotopic (exact) mass is 251 g/mol. The van der Waals surface area contributed by atoms with Gasteiger partial charge in [0.25, 0.3) is 0 Å². The first-order chi connectivity index (χ1) is 8.56. The van der Waals surface area contributed by atoms with Gasteiger partial charge in [0, 0.05) is 24.8 Å². The number of nitrogens with two attached hydrogens (primary N) is 1. The minimum absolute atomic E-state index is 0.105. The van der Waals surface area contributed by atoms with E-state index in [0.717, 1.165) is 13.0 Å². The lowest BCUT2D eigenvalue weighted by molar-refractivity contribution is 0.220. The van der Waals surface area contributed by atoms with Crippen LogP contribution in [0.5, 0.6) is 0 Å². The van der Waals surface area contributed by atoms with Crippen molar-refractivity contribution < 1.29 is 9.18 Å². The van der Waals surface area contributed by atoms with Gasteiger partial charge in [-0.3, -0.25) is 0 Å². The Balaban J connectivity index is 1.91. The van der Waals surface area contributed by atoms with Crippen molar-refractivity contribution in [3.05, 3.63) is 30.1 Å². The molecule has 3 N–H and O–H groups in total. The molecule has 0 aliphatic carbocycles. The molecule has 1 fully saturated rings. The van der Waals surface area contributed by atoms with Gasteiger partial charge in [-0.05, 0) is 43.5 Å². The summed E-state index contributed by atoms with van der Waals surface area (Å²) >= 11 is 0. The first kappa shape index (κ1) is 12.8. The summed E-state index contributed by atoms with van der Waals surface area (Å²) < 4.78 is 12.7. The van der Waals surface area contributed by atoms with Crippen LogP contribution in [0.25, 0.3) is 0 Å². The SMILES string of the molecule is CC(N)C1CCN(C(=O)Nc2ccc(F)cc2)C1. The van der Waals surface area contributed by atoms with Crippen molar-refractivity contribution in [3.8, 4) is 0 Å². The number of amides is 2. The predicted octanol–water partition coefficient (Wildman–Crippen LogP) is 2.03. The van der Waals surface area contributed by atoms with E-state index < -0.39 is 0 Å². The molecule has 5 heteroatoms. The number of carbonyl (C=O) groups is 1. The van der Waals surface area contributed by atoms with Crippen LogP contribution in [0.3, 0.4) is 0 Å². The molecular formula is C13H18FN3O. The highest BCUT2D eigenvalue weighted by atomic mass is 19.1. The number of nitrogens with zero attached hydrogens (tertiary/aromatic N) is 1. The Hall–Kier alpha value is -1.62. The zero-order valence-corrected chi connectivity index (χ0v) is 10.4. The lowest BCUT2D eigenvalue weighted by Gasteiger charge is -2.18. The first-order valence-electron chi connectivity index (χ1n) is 6.13. The van der Waals surface area contributed by atoms with Crippen LogP contribution in [0.15, 0.2) is 24.3 Å². The molecule has 2 amide bonds. The van der Waals surface area contributed by atoms with Gasteiger partial charge in [-0.15, -0.1) is 0 Å². The van der Waals surface area contributed by atoms with Gasteiger partial charge < -0.3 is 16.0 Å². The first-order valence-corrected chi connectivity index (χ1v) is 6.13. The van der Waals surface area contributed by atoms with Crippen LogP contribution in [0.1, 0.15) is 13.3 Å². The van der Waals surface area contributed by atoms with Crippen molar-refractivity contribution in [1.82, 2.24) is 4.90 Å². The molecule has 1 heterocycles. The van der Waals surface area contributed by atoms with Crippen LogP contribution < -0.4 is 11.1 Å². The molecule has 2 unspecified atom stereocenters. The Kier molecular flexibility index (Phi) is 3.81. The van der Waals surface area contributed by atoms with Crippen molar-refractivity contribution in [1.29, 1.82) is 0 Å². The maximum absolute atomic E-state index is 12.7. The van der Waals surface area contributed by atoms with E-state index in [-0.39, 0.29) is 17.9 Å². The van der Waals surface area contributed by atoms with Crippen LogP contribution >= 0.6 is 0 Å². The third kappa shape index (κ3) is 2.98. The fraction of sp³-hybridized carbons (Fsp3) is 0.462. The lowest BCUT2D eigenvalue weighted by atomic mass is 10.0. The Morgan fingerprint density at radius 1 is 1.50 bits per heavy atom. The van der Waals surface area contributed by atoms with E-state index in [1.165, 1.54) is 12.1 Å². The molecular weight excluding hydrogens is 233 g/mol. The van der Waals surface area contributed by atoms with E-state index in [9.17, 15) is 9.18 Å². The summed E-state index contributed by atoms with van der Waals surface area (Å²) in [4.78, 5) is 13.7. The number of halogens is 1. The van der Waals surface area contributed by atoms with E-state index in [1.807, 2.05) is 6.92 Å². The summed E-state index contributed by atoms with van der Waals surface area (Å²) in [6.07, 6.45) is 0.939. The summed E-state index contributed by atoms with van der Waals surface area (Å²) in [6.45, 7) is 3.37. The highest BCUT2D eigenvalue weighted by Crippen LogP contribution is 2.19. The van der Waals surface area contributed by atoms with Gasteiger partial charge in [-0.25, -0.2) is 9.18 Å². The van der Waals surface area contributed by atoms with E-state index in [0.29, 0.717) is 18.2 Å². The quantitative estimate of drug-likeness (QED) is 0.845. The zero-order valence-electron chi connectivity index (χ0n) is 10.4. The van der Waals surface area contributed by atoms with Crippen molar-refractivity contribution in [3.63, 3.8) is 0 Å². The van der Waals surface area contributed by atoms with Crippen molar-refractivity contribution >= 4 is 11.7 Å². The number of carbonyl (C=O) groups excluding carboxylic acids is 1. The summed E-state index contributed by atoms with van der Waals surface area (Å²) in [7, 11) is 0. The van der Waals surface area contributed by atoms with Gasteiger partial charge in [-0.2, -0.15) is 0 Å². The molecule has 1 aliphatic rings. The van der Waals surface area contributed by atoms with E-state index in [1.54, 1.807) is 17.0 Å². The fourth-order valence-corrected chi connectivity index (χ4v) is 2.14. The second-order valence-electron chi connectivity index (χ2n) is 4.79. The molecule has 18 heavy (non-hydrogen) atoms. The lowest BCUT2D eigenvalue weighted by Crippen LogP contribution is -2.35. The smallest absolute Gasteiger partial charge is 0.321 e. The van der Waals surface area contributed by atoms with Crippen molar-refractivity contribution in [2.75, 3.05) is 18.4 Å². The van der Waals surface area contributed by atoms with Gasteiger partial charge in [0.2, 0.25) is 0 Å². The molecule has 0 saturated carbocycles. The third-order valence-electron chi connectivity index (χ3n) is 3.35. The number of likely N-dealkylation sites (tertiary alicyclic amines) is 1. The molecule has 1 saturated heterocycles. The van der Waals surface area contributed by atoms with Gasteiger partial charge in [0.15, 0.2) is 0 Å². The van der Waals surface area contributed by atoms with Gasteiger partial charge in [0.1, 0.15) is 5.82 Å². The number of hydrogen-bond donors (Lipinski definition) is 2. The van der Waals surface area contributed by atoms with Crippen LogP contribution in [0, 0.1) is 11.7 Å². The number of hydrogen-bond acceptors (Lipinski definition) is 2. The summed E-state index contributed by atoms with van der Waals surface area (Å²) in [5, 5.41) is 2.75. The molecule has 1 aromatic carbocycles. The second kappa shape index (κ2) is 5.35. The van der Waals surface area contributed by atoms with E-state index in [4.69, 9.17) is 5.73 Å². The zero-order chi connectivity index (χ0) is 13.1. The van der Waals surface area contributed by atoms with Crippen LogP contribution in [-0.2, 0) is 0 Å². The highest BCUT2D eigenvalue weighted by molar-refractivity contribution is 5.89. The number of urea groups is 1. The van der Waals surface area contributed by atoms with Gasteiger partial charge in [-0.1, -0.05) is 0 Å². The molecule has 0 aromatic heterocycles. The van der Waals surface area contributed by atoms with Crippen molar-refractivity contribution in [2.24, 2.45) is 11.7 Å². The summed E-state index contributed by atoms with van der Waals surface area (Å²) in [5.74, 6) is 0.0511. The minimum atomic E-state index is -0.314. The average molecular weight is 251 g/mol. The predicted molar refractivity (Wildman–Crippen MR) is 68.7 cm³/mol. The van der Waals surface area contributed by atoms with E-state index in [2.05, 4.69) is 5.32 Å². The third-order valence-corrected chi connectivity index (χ3v) is 3.35. The normalized spacial score (nSPS) is 20.8. The average Bonchev–Trinajstić information content (AvgIpc) is 2.81. The number of anilines is 1. The van der Waals surface area contributed by atoms with Crippen LogP contribution in [-0.4, -0.2) is 30.1 Å². The molecule has 2 atom stereocenters. The summed E-state index contributed by atoms with van der Waals surface area (Å²) in [5.41, 5.74) is 6.43. The molecule has 0 radical (unpaired) electrons. The number of nitrogens with one attached hydrogen (secondary N) is 1. The molecule has 2 rings (SSSR count). The number of rotatable bonds is 2. The minimum Gasteiger partial charge on any atom is -0.328 e. The molecule has 4 nitrogen and oxygen atoms in total. The molecule has 1 aromatic rings. The second-order valence-corrected chi connectivity index (χ2v) is 4.79.